The van der Waals surface area contributed by atoms with Crippen LogP contribution in [0.3, 0.4) is 0 Å². The normalized spacial score (nSPS) is 10.2. The highest BCUT2D eigenvalue weighted by atomic mass is 32.1. The average molecular weight is 296 g/mol. The zero-order valence-electron chi connectivity index (χ0n) is 10.2. The first-order chi connectivity index (χ1) is 9.45. The zero-order chi connectivity index (χ0) is 15.1. The third kappa shape index (κ3) is 4.21. The van der Waals surface area contributed by atoms with Crippen LogP contribution in [0.4, 0.5) is 5.69 Å². The molecule has 0 bridgehead atoms. The average Bonchev–Trinajstić information content (AvgIpc) is 2.38. The van der Waals surface area contributed by atoms with E-state index in [9.17, 15) is 20.3 Å². The van der Waals surface area contributed by atoms with Crippen LogP contribution in [-0.2, 0) is 0 Å². The van der Waals surface area contributed by atoms with Gasteiger partial charge in [-0.05, 0) is 12.2 Å². The van der Waals surface area contributed by atoms with E-state index in [1.807, 2.05) is 0 Å². The van der Waals surface area contributed by atoms with Crippen molar-refractivity contribution < 1.29 is 15.1 Å². The van der Waals surface area contributed by atoms with Gasteiger partial charge in [-0.1, -0.05) is 6.08 Å². The van der Waals surface area contributed by atoms with E-state index in [0.29, 0.717) is 6.54 Å². The third-order valence-electron chi connectivity index (χ3n) is 2.10. The Bertz CT molecular complexity index is 574. The SMILES string of the molecule is C=CCNC(=S)N/N=C\c1cc([N+](=O)[O-])c(O)cc1O. The molecule has 0 saturated carbocycles. The molecule has 0 fully saturated rings. The lowest BCUT2D eigenvalue weighted by Gasteiger charge is -2.04. The highest BCUT2D eigenvalue weighted by Gasteiger charge is 2.16. The summed E-state index contributed by atoms with van der Waals surface area (Å²) in [6, 6.07) is 1.86. The highest BCUT2D eigenvalue weighted by molar-refractivity contribution is 7.80. The summed E-state index contributed by atoms with van der Waals surface area (Å²) in [5.41, 5.74) is 1.99. The second kappa shape index (κ2) is 7.04. The monoisotopic (exact) mass is 296 g/mol. The number of nitrogens with one attached hydrogen (secondary N) is 2. The Morgan fingerprint density at radius 3 is 2.80 bits per heavy atom. The van der Waals surface area contributed by atoms with Crippen molar-refractivity contribution in [2.45, 2.75) is 0 Å². The summed E-state index contributed by atoms with van der Waals surface area (Å²) >= 11 is 4.86. The molecule has 0 unspecified atom stereocenters. The molecule has 0 aliphatic carbocycles. The molecule has 0 atom stereocenters. The molecular weight excluding hydrogens is 284 g/mol. The maximum absolute atomic E-state index is 10.6. The van der Waals surface area contributed by atoms with Crippen molar-refractivity contribution in [1.29, 1.82) is 0 Å². The first-order valence-corrected chi connectivity index (χ1v) is 5.74. The highest BCUT2D eigenvalue weighted by Crippen LogP contribution is 2.31. The van der Waals surface area contributed by atoms with Gasteiger partial charge in [0.15, 0.2) is 10.9 Å². The summed E-state index contributed by atoms with van der Waals surface area (Å²) in [6.45, 7) is 3.95. The molecule has 1 rings (SSSR count). The smallest absolute Gasteiger partial charge is 0.311 e. The second-order valence-corrected chi connectivity index (χ2v) is 3.93. The first-order valence-electron chi connectivity index (χ1n) is 5.34. The number of nitro groups is 1. The van der Waals surface area contributed by atoms with Crippen LogP contribution in [0.2, 0.25) is 0 Å². The Kier molecular flexibility index (Phi) is 5.42. The van der Waals surface area contributed by atoms with Gasteiger partial charge < -0.3 is 15.5 Å². The predicted molar refractivity (Wildman–Crippen MR) is 78.0 cm³/mol. The van der Waals surface area contributed by atoms with Gasteiger partial charge in [0.1, 0.15) is 5.75 Å². The first kappa shape index (κ1) is 15.4. The maximum atomic E-state index is 10.6. The molecular formula is C11H12N4O4S. The van der Waals surface area contributed by atoms with Gasteiger partial charge in [0.25, 0.3) is 0 Å². The summed E-state index contributed by atoms with van der Waals surface area (Å²) in [5.74, 6) is -0.968. The summed E-state index contributed by atoms with van der Waals surface area (Å²) in [5, 5.41) is 36.2. The van der Waals surface area contributed by atoms with E-state index in [1.54, 1.807) is 6.08 Å². The fourth-order valence-corrected chi connectivity index (χ4v) is 1.33. The third-order valence-corrected chi connectivity index (χ3v) is 2.33. The molecule has 0 spiro atoms. The number of hydrazone groups is 1. The van der Waals surface area contributed by atoms with E-state index in [0.717, 1.165) is 18.3 Å². The van der Waals surface area contributed by atoms with Crippen molar-refractivity contribution in [3.8, 4) is 11.5 Å². The number of rotatable bonds is 5. The topological polar surface area (TPSA) is 120 Å². The molecule has 0 aromatic heterocycles. The van der Waals surface area contributed by atoms with Gasteiger partial charge in [0.2, 0.25) is 0 Å². The van der Waals surface area contributed by atoms with E-state index >= 15 is 0 Å². The molecule has 4 N–H and O–H groups in total. The molecule has 0 saturated heterocycles. The van der Waals surface area contributed by atoms with Crippen LogP contribution in [0.5, 0.6) is 11.5 Å². The summed E-state index contributed by atoms with van der Waals surface area (Å²) < 4.78 is 0. The minimum absolute atomic E-state index is 0.0634. The Morgan fingerprint density at radius 2 is 2.20 bits per heavy atom. The van der Waals surface area contributed by atoms with Gasteiger partial charge in [0.05, 0.1) is 11.1 Å². The lowest BCUT2D eigenvalue weighted by atomic mass is 10.2. The molecule has 0 radical (unpaired) electrons. The molecule has 0 amide bonds. The largest absolute Gasteiger partial charge is 0.507 e. The van der Waals surface area contributed by atoms with Crippen molar-refractivity contribution in [2.24, 2.45) is 5.10 Å². The Labute approximate surface area is 119 Å². The van der Waals surface area contributed by atoms with Crippen molar-refractivity contribution in [1.82, 2.24) is 10.7 Å². The standard InChI is InChI=1S/C11H12N4O4S/c1-2-3-12-11(20)14-13-6-7-4-8(15(18)19)10(17)5-9(7)16/h2,4-6,16-17H,1,3H2,(H2,12,14,20)/b13-6-. The van der Waals surface area contributed by atoms with E-state index in [2.05, 4.69) is 22.4 Å². The summed E-state index contributed by atoms with van der Waals surface area (Å²) in [6.07, 6.45) is 2.75. The van der Waals surface area contributed by atoms with Crippen molar-refractivity contribution in [3.63, 3.8) is 0 Å². The minimum Gasteiger partial charge on any atom is -0.507 e. The molecule has 9 heteroatoms. The second-order valence-electron chi connectivity index (χ2n) is 3.53. The number of nitro benzene ring substituents is 1. The fourth-order valence-electron chi connectivity index (χ4n) is 1.20. The molecule has 8 nitrogen and oxygen atoms in total. The number of nitrogens with zero attached hydrogens (tertiary/aromatic N) is 2. The summed E-state index contributed by atoms with van der Waals surface area (Å²) in [7, 11) is 0. The Morgan fingerprint density at radius 1 is 1.50 bits per heavy atom. The number of aromatic hydroxyl groups is 2. The van der Waals surface area contributed by atoms with Gasteiger partial charge in [-0.25, -0.2) is 0 Å². The maximum Gasteiger partial charge on any atom is 0.311 e. The molecule has 20 heavy (non-hydrogen) atoms. The lowest BCUT2D eigenvalue weighted by Crippen LogP contribution is -2.31. The van der Waals surface area contributed by atoms with Gasteiger partial charge in [-0.15, -0.1) is 6.58 Å². The molecule has 0 heterocycles. The zero-order valence-corrected chi connectivity index (χ0v) is 11.1. The van der Waals surface area contributed by atoms with Crippen LogP contribution in [0.15, 0.2) is 29.9 Å². The van der Waals surface area contributed by atoms with E-state index in [-0.39, 0.29) is 16.4 Å². The van der Waals surface area contributed by atoms with Crippen LogP contribution >= 0.6 is 12.2 Å². The van der Waals surface area contributed by atoms with Gasteiger partial charge in [-0.2, -0.15) is 5.10 Å². The van der Waals surface area contributed by atoms with Crippen LogP contribution in [-0.4, -0.2) is 33.0 Å². The number of phenolic OH excluding ortho intramolecular Hbond substituents is 2. The number of benzene rings is 1. The van der Waals surface area contributed by atoms with Gasteiger partial charge >= 0.3 is 5.69 Å². The molecule has 1 aromatic carbocycles. The quantitative estimate of drug-likeness (QED) is 0.210. The number of hydrogen-bond donors (Lipinski definition) is 4. The summed E-state index contributed by atoms with van der Waals surface area (Å²) in [4.78, 5) is 9.88. The van der Waals surface area contributed by atoms with E-state index in [1.165, 1.54) is 0 Å². The van der Waals surface area contributed by atoms with Crippen LogP contribution < -0.4 is 10.7 Å². The van der Waals surface area contributed by atoms with Gasteiger partial charge in [-0.3, -0.25) is 15.5 Å². The minimum atomic E-state index is -0.768. The van der Waals surface area contributed by atoms with Crippen LogP contribution in [0, 0.1) is 10.1 Å². The lowest BCUT2D eigenvalue weighted by molar-refractivity contribution is -0.385. The Balaban J connectivity index is 2.81. The van der Waals surface area contributed by atoms with Crippen LogP contribution in [0.25, 0.3) is 0 Å². The van der Waals surface area contributed by atoms with Crippen LogP contribution in [0.1, 0.15) is 5.56 Å². The molecule has 106 valence electrons. The van der Waals surface area contributed by atoms with E-state index < -0.39 is 16.4 Å². The fraction of sp³-hybridized carbons (Fsp3) is 0.0909. The molecule has 0 aliphatic rings. The van der Waals surface area contributed by atoms with Crippen molar-refractivity contribution in [3.05, 3.63) is 40.5 Å². The predicted octanol–water partition coefficient (Wildman–Crippen LogP) is 0.990. The molecule has 1 aromatic rings. The van der Waals surface area contributed by atoms with Gasteiger partial charge in [0, 0.05) is 24.2 Å². The van der Waals surface area contributed by atoms with Crippen molar-refractivity contribution >= 4 is 29.2 Å². The van der Waals surface area contributed by atoms with E-state index in [4.69, 9.17) is 12.2 Å². The Hall–Kier alpha value is -2.68. The van der Waals surface area contributed by atoms with Crippen molar-refractivity contribution in [2.75, 3.05) is 6.54 Å². The number of thiocarbonyl (C=S) groups is 1. The number of phenols is 2. The molecule has 0 aliphatic heterocycles. The number of hydrogen-bond acceptors (Lipinski definition) is 6.